The number of Topliss-reactive ketones (excluding diaryl/α,β-unsaturated/α-hetero) is 2. The van der Waals surface area contributed by atoms with Crippen molar-refractivity contribution in [1.82, 2.24) is 4.98 Å². The molecule has 3 heteroatoms. The van der Waals surface area contributed by atoms with Crippen LogP contribution in [-0.2, 0) is 4.79 Å². The molecular formula is C11H11NO2. The number of hydrogen-bond acceptors (Lipinski definition) is 3. The van der Waals surface area contributed by atoms with Gasteiger partial charge in [0.2, 0.25) is 0 Å². The predicted octanol–water partition coefficient (Wildman–Crippen LogP) is 1.80. The number of allylic oxidation sites excluding steroid dienone is 2. The van der Waals surface area contributed by atoms with Gasteiger partial charge in [-0.15, -0.1) is 0 Å². The Labute approximate surface area is 82.5 Å². The summed E-state index contributed by atoms with van der Waals surface area (Å²) in [4.78, 5) is 26.6. The minimum Gasteiger partial charge on any atom is -0.294 e. The van der Waals surface area contributed by atoms with Crippen LogP contribution in [-0.4, -0.2) is 16.6 Å². The van der Waals surface area contributed by atoms with Crippen LogP contribution in [0, 0.1) is 0 Å². The van der Waals surface area contributed by atoms with Crippen molar-refractivity contribution in [2.75, 3.05) is 0 Å². The standard InChI is InChI=1S/C11H11NO2/c1-3-10(8(2)13)11(14)9-5-4-6-12-7-9/h3-7H,1-2H3/b10-3+. The minimum absolute atomic E-state index is 0.206. The number of ketones is 2. The van der Waals surface area contributed by atoms with Gasteiger partial charge in [0.05, 0.1) is 5.57 Å². The largest absolute Gasteiger partial charge is 0.294 e. The lowest BCUT2D eigenvalue weighted by atomic mass is 10.0. The number of carbonyl (C=O) groups is 2. The molecule has 0 radical (unpaired) electrons. The summed E-state index contributed by atoms with van der Waals surface area (Å²) < 4.78 is 0. The third kappa shape index (κ3) is 2.13. The molecule has 0 aromatic carbocycles. The van der Waals surface area contributed by atoms with E-state index in [2.05, 4.69) is 4.98 Å². The van der Waals surface area contributed by atoms with E-state index in [0.717, 1.165) is 0 Å². The van der Waals surface area contributed by atoms with Crippen molar-refractivity contribution in [2.24, 2.45) is 0 Å². The second-order valence-electron chi connectivity index (χ2n) is 2.83. The molecule has 0 aliphatic carbocycles. The first kappa shape index (κ1) is 10.3. The molecule has 0 unspecified atom stereocenters. The Morgan fingerprint density at radius 3 is 2.57 bits per heavy atom. The van der Waals surface area contributed by atoms with Crippen molar-refractivity contribution < 1.29 is 9.59 Å². The van der Waals surface area contributed by atoms with Crippen molar-refractivity contribution in [2.45, 2.75) is 13.8 Å². The van der Waals surface area contributed by atoms with Gasteiger partial charge in [-0.2, -0.15) is 0 Å². The van der Waals surface area contributed by atoms with Gasteiger partial charge in [-0.25, -0.2) is 0 Å². The van der Waals surface area contributed by atoms with E-state index in [-0.39, 0.29) is 17.1 Å². The molecule has 0 aliphatic rings. The first-order valence-electron chi connectivity index (χ1n) is 4.28. The van der Waals surface area contributed by atoms with Gasteiger partial charge in [0.15, 0.2) is 11.6 Å². The summed E-state index contributed by atoms with van der Waals surface area (Å²) in [6, 6.07) is 3.31. The molecule has 0 spiro atoms. The van der Waals surface area contributed by atoms with Crippen molar-refractivity contribution in [1.29, 1.82) is 0 Å². The lowest BCUT2D eigenvalue weighted by molar-refractivity contribution is -0.113. The van der Waals surface area contributed by atoms with E-state index in [0.29, 0.717) is 5.56 Å². The summed E-state index contributed by atoms with van der Waals surface area (Å²) in [5.74, 6) is -0.491. The first-order valence-corrected chi connectivity index (χ1v) is 4.28. The maximum atomic E-state index is 11.7. The molecule has 1 aromatic heterocycles. The number of aromatic nitrogens is 1. The molecule has 0 fully saturated rings. The lowest BCUT2D eigenvalue weighted by Gasteiger charge is -2.00. The monoisotopic (exact) mass is 189 g/mol. The molecule has 0 N–H and O–H groups in total. The van der Waals surface area contributed by atoms with Crippen LogP contribution in [0.1, 0.15) is 24.2 Å². The molecule has 0 amide bonds. The van der Waals surface area contributed by atoms with Gasteiger partial charge < -0.3 is 0 Å². The van der Waals surface area contributed by atoms with Crippen LogP contribution in [0.3, 0.4) is 0 Å². The van der Waals surface area contributed by atoms with Crippen LogP contribution in [0.25, 0.3) is 0 Å². The fourth-order valence-electron chi connectivity index (χ4n) is 1.15. The molecule has 0 saturated carbocycles. The average molecular weight is 189 g/mol. The topological polar surface area (TPSA) is 47.0 Å². The minimum atomic E-state index is -0.270. The zero-order chi connectivity index (χ0) is 10.6. The van der Waals surface area contributed by atoms with Crippen LogP contribution in [0.15, 0.2) is 36.2 Å². The summed E-state index contributed by atoms with van der Waals surface area (Å²) in [5.41, 5.74) is 0.647. The molecule has 0 atom stereocenters. The Kier molecular flexibility index (Phi) is 3.29. The lowest BCUT2D eigenvalue weighted by Crippen LogP contribution is -2.10. The van der Waals surface area contributed by atoms with Crippen LogP contribution in [0.2, 0.25) is 0 Å². The van der Waals surface area contributed by atoms with E-state index in [4.69, 9.17) is 0 Å². The molecule has 1 heterocycles. The predicted molar refractivity (Wildman–Crippen MR) is 53.0 cm³/mol. The Morgan fingerprint density at radius 2 is 2.14 bits per heavy atom. The fraction of sp³-hybridized carbons (Fsp3) is 0.182. The molecule has 0 bridgehead atoms. The van der Waals surface area contributed by atoms with Gasteiger partial charge in [0, 0.05) is 18.0 Å². The van der Waals surface area contributed by atoms with E-state index < -0.39 is 0 Å². The number of pyridine rings is 1. The fourth-order valence-corrected chi connectivity index (χ4v) is 1.15. The van der Waals surface area contributed by atoms with Gasteiger partial charge in [0.25, 0.3) is 0 Å². The second kappa shape index (κ2) is 4.46. The van der Waals surface area contributed by atoms with Gasteiger partial charge in [-0.1, -0.05) is 6.08 Å². The van der Waals surface area contributed by atoms with Crippen LogP contribution in [0.4, 0.5) is 0 Å². The molecule has 0 saturated heterocycles. The van der Waals surface area contributed by atoms with Crippen LogP contribution in [0.5, 0.6) is 0 Å². The zero-order valence-corrected chi connectivity index (χ0v) is 8.15. The molecular weight excluding hydrogens is 178 g/mol. The quantitative estimate of drug-likeness (QED) is 0.315. The second-order valence-corrected chi connectivity index (χ2v) is 2.83. The van der Waals surface area contributed by atoms with E-state index >= 15 is 0 Å². The zero-order valence-electron chi connectivity index (χ0n) is 8.15. The van der Waals surface area contributed by atoms with Gasteiger partial charge in [0.1, 0.15) is 0 Å². The summed E-state index contributed by atoms with van der Waals surface area (Å²) in [5, 5.41) is 0. The number of rotatable bonds is 3. The molecule has 14 heavy (non-hydrogen) atoms. The molecule has 0 aliphatic heterocycles. The van der Waals surface area contributed by atoms with Gasteiger partial charge in [-0.3, -0.25) is 14.6 Å². The molecule has 3 nitrogen and oxygen atoms in total. The Hall–Kier alpha value is -1.77. The number of hydrogen-bond donors (Lipinski definition) is 0. The normalized spacial score (nSPS) is 11.1. The van der Waals surface area contributed by atoms with Gasteiger partial charge >= 0.3 is 0 Å². The molecule has 1 rings (SSSR count). The molecule has 72 valence electrons. The summed E-state index contributed by atoms with van der Waals surface area (Å²) in [7, 11) is 0. The maximum Gasteiger partial charge on any atom is 0.197 e. The third-order valence-corrected chi connectivity index (χ3v) is 1.84. The highest BCUT2D eigenvalue weighted by Gasteiger charge is 2.14. The maximum absolute atomic E-state index is 11.7. The SMILES string of the molecule is C/C=C(\C(C)=O)C(=O)c1cccnc1. The Morgan fingerprint density at radius 1 is 1.43 bits per heavy atom. The summed E-state index contributed by atoms with van der Waals surface area (Å²) in [6.45, 7) is 3.05. The first-order chi connectivity index (χ1) is 6.66. The van der Waals surface area contributed by atoms with Crippen LogP contribution >= 0.6 is 0 Å². The Bertz CT molecular complexity index is 380. The van der Waals surface area contributed by atoms with E-state index in [9.17, 15) is 9.59 Å². The Balaban J connectivity index is 3.02. The van der Waals surface area contributed by atoms with Crippen molar-refractivity contribution in [3.63, 3.8) is 0 Å². The van der Waals surface area contributed by atoms with E-state index in [1.54, 1.807) is 25.3 Å². The average Bonchev–Trinajstić information content (AvgIpc) is 2.19. The van der Waals surface area contributed by atoms with E-state index in [1.807, 2.05) is 0 Å². The molecule has 1 aromatic rings. The van der Waals surface area contributed by atoms with Crippen molar-refractivity contribution in [3.8, 4) is 0 Å². The van der Waals surface area contributed by atoms with Crippen molar-refractivity contribution >= 4 is 11.6 Å². The summed E-state index contributed by atoms with van der Waals surface area (Å²) >= 11 is 0. The number of carbonyl (C=O) groups excluding carboxylic acids is 2. The highest BCUT2D eigenvalue weighted by molar-refractivity contribution is 6.25. The number of nitrogens with zero attached hydrogens (tertiary/aromatic N) is 1. The van der Waals surface area contributed by atoms with Gasteiger partial charge in [-0.05, 0) is 26.0 Å². The smallest absolute Gasteiger partial charge is 0.197 e. The van der Waals surface area contributed by atoms with E-state index in [1.165, 1.54) is 19.2 Å². The summed E-state index contributed by atoms with van der Waals surface area (Å²) in [6.07, 6.45) is 4.56. The van der Waals surface area contributed by atoms with Crippen LogP contribution < -0.4 is 0 Å². The highest BCUT2D eigenvalue weighted by Crippen LogP contribution is 2.07. The third-order valence-electron chi connectivity index (χ3n) is 1.84. The highest BCUT2D eigenvalue weighted by atomic mass is 16.1. The van der Waals surface area contributed by atoms with Crippen molar-refractivity contribution in [3.05, 3.63) is 41.7 Å².